The lowest BCUT2D eigenvalue weighted by atomic mass is 9.67. The van der Waals surface area contributed by atoms with Crippen molar-refractivity contribution in [1.82, 2.24) is 0 Å². The number of ether oxygens (including phenoxy) is 2. The number of methoxy groups -OCH3 is 1. The molecule has 3 aromatic rings. The maximum Gasteiger partial charge on any atom is 0.232 e. The minimum Gasteiger partial charge on any atom is -0.493 e. The molecule has 2 bridgehead atoms. The monoisotopic (exact) mass is 559 g/mol. The highest BCUT2D eigenvalue weighted by molar-refractivity contribution is 6.30. The predicted octanol–water partition coefficient (Wildman–Crippen LogP) is 7.60. The van der Waals surface area contributed by atoms with E-state index in [0.29, 0.717) is 16.5 Å². The standard InChI is InChI=1S/C34H38ClNO4/c1-21(2)40-30-19-28-24(17-29(30)39-4)18-31(37)36(32(28)23-5-9-26(35)10-6-23)27-11-7-25(8-12-27)33(3,38)34-15-13-22(20-34)14-16-34/h5-12,17,19,21-22,32,38H,13-16,18,20H2,1-4H3/t22?,32?,33-,34?/m1/s1. The number of amides is 1. The van der Waals surface area contributed by atoms with E-state index in [1.807, 2.05) is 86.3 Å². The number of rotatable bonds is 7. The van der Waals surface area contributed by atoms with Crippen molar-refractivity contribution in [3.63, 3.8) is 0 Å². The van der Waals surface area contributed by atoms with Gasteiger partial charge in [0.25, 0.3) is 0 Å². The third-order valence-electron chi connectivity index (χ3n) is 9.62. The normalized spacial score (nSPS) is 25.2. The first-order chi connectivity index (χ1) is 19.1. The van der Waals surface area contributed by atoms with Crippen LogP contribution in [0.2, 0.25) is 5.02 Å². The quantitative estimate of drug-likeness (QED) is 0.324. The molecule has 2 atom stereocenters. The lowest BCUT2D eigenvalue weighted by Gasteiger charge is -2.42. The van der Waals surface area contributed by atoms with Crippen LogP contribution in [-0.2, 0) is 16.8 Å². The molecule has 210 valence electrons. The molecular formula is C34H38ClNO4. The summed E-state index contributed by atoms with van der Waals surface area (Å²) in [5.74, 6) is 2.02. The summed E-state index contributed by atoms with van der Waals surface area (Å²) in [7, 11) is 1.62. The summed E-state index contributed by atoms with van der Waals surface area (Å²) in [4.78, 5) is 15.7. The molecule has 0 radical (unpaired) electrons. The molecule has 3 aliphatic rings. The summed E-state index contributed by atoms with van der Waals surface area (Å²) in [6.45, 7) is 5.95. The summed E-state index contributed by atoms with van der Waals surface area (Å²) in [5, 5.41) is 12.5. The summed E-state index contributed by atoms with van der Waals surface area (Å²) >= 11 is 6.25. The number of benzene rings is 3. The molecule has 2 fully saturated rings. The maximum atomic E-state index is 13.8. The summed E-state index contributed by atoms with van der Waals surface area (Å²) in [6, 6.07) is 19.3. The Hall–Kier alpha value is -3.02. The van der Waals surface area contributed by atoms with Crippen molar-refractivity contribution in [3.8, 4) is 11.5 Å². The molecule has 5 nitrogen and oxygen atoms in total. The second-order valence-electron chi connectivity index (χ2n) is 12.3. The van der Waals surface area contributed by atoms with Gasteiger partial charge >= 0.3 is 0 Å². The molecule has 0 saturated heterocycles. The summed E-state index contributed by atoms with van der Waals surface area (Å²) < 4.78 is 11.8. The van der Waals surface area contributed by atoms with Crippen LogP contribution >= 0.6 is 11.6 Å². The fraction of sp³-hybridized carbons (Fsp3) is 0.441. The van der Waals surface area contributed by atoms with Crippen molar-refractivity contribution in [2.75, 3.05) is 12.0 Å². The molecular weight excluding hydrogens is 522 g/mol. The molecule has 2 saturated carbocycles. The second-order valence-corrected chi connectivity index (χ2v) is 12.7. The molecule has 1 aliphatic heterocycles. The van der Waals surface area contributed by atoms with Crippen molar-refractivity contribution in [2.45, 2.75) is 77.0 Å². The average molecular weight is 560 g/mol. The van der Waals surface area contributed by atoms with E-state index >= 15 is 0 Å². The SMILES string of the molecule is COc1cc2c(cc1OC(C)C)C(c1ccc(Cl)cc1)N(c1ccc([C@@](C)(O)C34CCC(CC3)C4)cc1)C(=O)C2. The first kappa shape index (κ1) is 27.2. The van der Waals surface area contributed by atoms with E-state index in [2.05, 4.69) is 0 Å². The third-order valence-corrected chi connectivity index (χ3v) is 9.87. The highest BCUT2D eigenvalue weighted by atomic mass is 35.5. The van der Waals surface area contributed by atoms with Crippen LogP contribution in [-0.4, -0.2) is 24.2 Å². The number of anilines is 1. The van der Waals surface area contributed by atoms with Crippen molar-refractivity contribution >= 4 is 23.2 Å². The number of carbonyl (C=O) groups excluding carboxylic acids is 1. The van der Waals surface area contributed by atoms with Gasteiger partial charge < -0.3 is 19.5 Å². The van der Waals surface area contributed by atoms with Gasteiger partial charge in [0.1, 0.15) is 0 Å². The Morgan fingerprint density at radius 1 is 1.02 bits per heavy atom. The molecule has 0 spiro atoms. The Kier molecular flexibility index (Phi) is 6.87. The highest BCUT2D eigenvalue weighted by Gasteiger charge is 2.55. The molecule has 40 heavy (non-hydrogen) atoms. The van der Waals surface area contributed by atoms with E-state index in [1.165, 1.54) is 12.8 Å². The molecule has 6 rings (SSSR count). The summed E-state index contributed by atoms with van der Waals surface area (Å²) in [5.41, 5.74) is 3.65. The lowest BCUT2D eigenvalue weighted by molar-refractivity contribution is -0.118. The van der Waals surface area contributed by atoms with E-state index in [-0.39, 0.29) is 29.9 Å². The van der Waals surface area contributed by atoms with Gasteiger partial charge in [-0.3, -0.25) is 4.79 Å². The number of aliphatic hydroxyl groups is 1. The number of halogens is 1. The van der Waals surface area contributed by atoms with Crippen molar-refractivity contribution in [1.29, 1.82) is 0 Å². The first-order valence-corrected chi connectivity index (χ1v) is 14.8. The number of hydrogen-bond donors (Lipinski definition) is 1. The van der Waals surface area contributed by atoms with Crippen molar-refractivity contribution in [3.05, 3.63) is 87.9 Å². The van der Waals surface area contributed by atoms with Gasteiger partial charge in [0.2, 0.25) is 5.91 Å². The van der Waals surface area contributed by atoms with E-state index in [0.717, 1.165) is 53.1 Å². The molecule has 6 heteroatoms. The Morgan fingerprint density at radius 2 is 1.70 bits per heavy atom. The molecule has 1 unspecified atom stereocenters. The molecule has 3 aromatic carbocycles. The van der Waals surface area contributed by atoms with Gasteiger partial charge in [-0.05, 0) is 117 Å². The fourth-order valence-electron chi connectivity index (χ4n) is 7.46. The number of nitrogens with zero attached hydrogens (tertiary/aromatic N) is 1. The van der Waals surface area contributed by atoms with Crippen LogP contribution < -0.4 is 14.4 Å². The number of fused-ring (bicyclic) bond motifs is 3. The Morgan fingerprint density at radius 3 is 2.27 bits per heavy atom. The van der Waals surface area contributed by atoms with Crippen molar-refractivity contribution < 1.29 is 19.4 Å². The topological polar surface area (TPSA) is 59.0 Å². The smallest absolute Gasteiger partial charge is 0.232 e. The zero-order valence-electron chi connectivity index (χ0n) is 23.7. The van der Waals surface area contributed by atoms with E-state index < -0.39 is 5.60 Å². The van der Waals surface area contributed by atoms with Gasteiger partial charge in [-0.2, -0.15) is 0 Å². The van der Waals surface area contributed by atoms with Gasteiger partial charge in [-0.1, -0.05) is 35.9 Å². The average Bonchev–Trinajstić information content (AvgIpc) is 3.56. The predicted molar refractivity (Wildman–Crippen MR) is 158 cm³/mol. The van der Waals surface area contributed by atoms with Crippen LogP contribution in [0.25, 0.3) is 0 Å². The van der Waals surface area contributed by atoms with E-state index in [4.69, 9.17) is 21.1 Å². The Balaban J connectivity index is 1.42. The van der Waals surface area contributed by atoms with Crippen LogP contribution in [0.3, 0.4) is 0 Å². The van der Waals surface area contributed by atoms with Gasteiger partial charge in [0.15, 0.2) is 11.5 Å². The molecule has 0 aromatic heterocycles. The molecule has 1 amide bonds. The van der Waals surface area contributed by atoms with Gasteiger partial charge in [0, 0.05) is 16.1 Å². The molecule has 1 heterocycles. The lowest BCUT2D eigenvalue weighted by Crippen LogP contribution is -2.42. The van der Waals surface area contributed by atoms with Crippen molar-refractivity contribution in [2.24, 2.45) is 11.3 Å². The minimum absolute atomic E-state index is 0.000405. The van der Waals surface area contributed by atoms with E-state index in [1.54, 1.807) is 7.11 Å². The summed E-state index contributed by atoms with van der Waals surface area (Å²) in [6.07, 6.45) is 5.91. The van der Waals surface area contributed by atoms with Gasteiger partial charge in [0.05, 0.1) is 31.3 Å². The van der Waals surface area contributed by atoms with Crippen LogP contribution in [0.4, 0.5) is 5.69 Å². The van der Waals surface area contributed by atoms with Gasteiger partial charge in [-0.25, -0.2) is 0 Å². The molecule has 1 N–H and O–H groups in total. The van der Waals surface area contributed by atoms with Crippen LogP contribution in [0.1, 0.15) is 81.2 Å². The van der Waals surface area contributed by atoms with Crippen LogP contribution in [0.5, 0.6) is 11.5 Å². The maximum absolute atomic E-state index is 13.8. The minimum atomic E-state index is -0.898. The molecule has 2 aliphatic carbocycles. The zero-order valence-corrected chi connectivity index (χ0v) is 24.5. The van der Waals surface area contributed by atoms with Gasteiger partial charge in [-0.15, -0.1) is 0 Å². The van der Waals surface area contributed by atoms with Crippen LogP contribution in [0, 0.1) is 11.3 Å². The third kappa shape index (κ3) is 4.48. The van der Waals surface area contributed by atoms with Crippen LogP contribution in [0.15, 0.2) is 60.7 Å². The Labute approximate surface area is 242 Å². The number of carbonyl (C=O) groups is 1. The zero-order chi connectivity index (χ0) is 28.2. The fourth-order valence-corrected chi connectivity index (χ4v) is 7.58. The first-order valence-electron chi connectivity index (χ1n) is 14.4. The highest BCUT2D eigenvalue weighted by Crippen LogP contribution is 2.62. The van der Waals surface area contributed by atoms with E-state index in [9.17, 15) is 9.90 Å². The number of hydrogen-bond acceptors (Lipinski definition) is 4. The Bertz CT molecular complexity index is 1410. The largest absolute Gasteiger partial charge is 0.493 e. The second kappa shape index (κ2) is 10.1.